The Balaban J connectivity index is 0.00000144. The van der Waals surface area contributed by atoms with E-state index >= 15 is 0 Å². The molecular weight excluding hydrogens is 227 g/mol. The molecule has 1 aromatic heterocycles. The number of anilines is 1. The summed E-state index contributed by atoms with van der Waals surface area (Å²) in [5, 5.41) is -0.0584. The summed E-state index contributed by atoms with van der Waals surface area (Å²) in [6.45, 7) is 0. The van der Waals surface area contributed by atoms with Crippen LogP contribution >= 0.6 is 11.6 Å². The van der Waals surface area contributed by atoms with E-state index in [0.29, 0.717) is 0 Å². The second-order valence-corrected chi connectivity index (χ2v) is 3.37. The van der Waals surface area contributed by atoms with Gasteiger partial charge in [-0.3, -0.25) is 4.72 Å². The Bertz CT molecular complexity index is 383. The molecular formula is C5H4ClN2NaO3S. The fourth-order valence-electron chi connectivity index (χ4n) is 0.597. The summed E-state index contributed by atoms with van der Waals surface area (Å²) in [4.78, 5) is 3.56. The summed E-state index contributed by atoms with van der Waals surface area (Å²) < 4.78 is 32.3. The van der Waals surface area contributed by atoms with E-state index in [2.05, 4.69) is 4.98 Å². The Hall–Kier alpha value is 0.150. The Morgan fingerprint density at radius 3 is 2.62 bits per heavy atom. The van der Waals surface area contributed by atoms with Crippen molar-refractivity contribution in [2.45, 2.75) is 0 Å². The van der Waals surface area contributed by atoms with E-state index in [0.717, 1.165) is 0 Å². The van der Waals surface area contributed by atoms with Gasteiger partial charge >= 0.3 is 29.6 Å². The van der Waals surface area contributed by atoms with Crippen LogP contribution in [0, 0.1) is 0 Å². The van der Waals surface area contributed by atoms with Gasteiger partial charge in [0.05, 0.1) is 5.69 Å². The Labute approximate surface area is 103 Å². The van der Waals surface area contributed by atoms with E-state index in [1.807, 2.05) is 0 Å². The molecule has 0 aromatic carbocycles. The molecule has 1 rings (SSSR count). The van der Waals surface area contributed by atoms with Gasteiger partial charge in [-0.2, -0.15) is 0 Å². The number of hydrogen-bond acceptors (Lipinski definition) is 4. The molecule has 0 saturated carbocycles. The molecule has 5 nitrogen and oxygen atoms in total. The molecule has 1 aromatic rings. The number of pyridine rings is 1. The van der Waals surface area contributed by atoms with Crippen LogP contribution in [0.3, 0.4) is 0 Å². The van der Waals surface area contributed by atoms with E-state index in [1.54, 1.807) is 4.72 Å². The first-order chi connectivity index (χ1) is 5.49. The van der Waals surface area contributed by atoms with Gasteiger partial charge in [-0.1, -0.05) is 11.6 Å². The van der Waals surface area contributed by atoms with Crippen LogP contribution in [0.4, 0.5) is 5.69 Å². The topological polar surface area (TPSA) is 82.1 Å². The summed E-state index contributed by atoms with van der Waals surface area (Å²) in [6, 6.07) is 2.80. The van der Waals surface area contributed by atoms with Gasteiger partial charge in [-0.15, -0.1) is 0 Å². The summed E-state index contributed by atoms with van der Waals surface area (Å²) in [5.74, 6) is 0. The van der Waals surface area contributed by atoms with Gasteiger partial charge < -0.3 is 4.55 Å². The quantitative estimate of drug-likeness (QED) is 0.349. The maximum Gasteiger partial charge on any atom is 1.00 e. The van der Waals surface area contributed by atoms with Crippen molar-refractivity contribution in [3.8, 4) is 0 Å². The van der Waals surface area contributed by atoms with E-state index in [1.165, 1.54) is 18.3 Å². The minimum absolute atomic E-state index is 0. The fraction of sp³-hybridized carbons (Fsp3) is 0. The molecule has 13 heavy (non-hydrogen) atoms. The predicted octanol–water partition coefficient (Wildman–Crippen LogP) is -2.39. The molecule has 0 radical (unpaired) electrons. The van der Waals surface area contributed by atoms with Crippen LogP contribution in [0.1, 0.15) is 0 Å². The minimum Gasteiger partial charge on any atom is -0.731 e. The van der Waals surface area contributed by atoms with E-state index in [4.69, 9.17) is 11.6 Å². The van der Waals surface area contributed by atoms with Gasteiger partial charge in [0, 0.05) is 6.20 Å². The third-order valence-corrected chi connectivity index (χ3v) is 1.77. The average Bonchev–Trinajstić information content (AvgIpc) is 1.91. The number of nitrogens with zero attached hydrogens (tertiary/aromatic N) is 1. The molecule has 0 aliphatic heterocycles. The summed E-state index contributed by atoms with van der Waals surface area (Å²) in [6.07, 6.45) is 1.38. The van der Waals surface area contributed by atoms with Crippen molar-refractivity contribution in [2.75, 3.05) is 4.72 Å². The summed E-state index contributed by atoms with van der Waals surface area (Å²) in [5.41, 5.74) is -0.0193. The van der Waals surface area contributed by atoms with Gasteiger partial charge in [0.2, 0.25) is 0 Å². The van der Waals surface area contributed by atoms with E-state index < -0.39 is 10.3 Å². The average molecular weight is 231 g/mol. The number of rotatable bonds is 2. The molecule has 1 N–H and O–H groups in total. The van der Waals surface area contributed by atoms with Gasteiger partial charge in [0.1, 0.15) is 0 Å². The third-order valence-electron chi connectivity index (χ3n) is 0.994. The first kappa shape index (κ1) is 13.2. The first-order valence-corrected chi connectivity index (χ1v) is 4.62. The van der Waals surface area contributed by atoms with Crippen molar-refractivity contribution >= 4 is 27.6 Å². The largest absolute Gasteiger partial charge is 1.00 e. The Kier molecular flexibility index (Phi) is 5.19. The molecule has 0 fully saturated rings. The van der Waals surface area contributed by atoms with Gasteiger partial charge in [0.15, 0.2) is 15.5 Å². The molecule has 0 aliphatic rings. The molecule has 0 unspecified atom stereocenters. The van der Waals surface area contributed by atoms with Crippen LogP contribution in [-0.2, 0) is 10.3 Å². The standard InChI is InChI=1S/C5H5ClN2O3S.Na/c6-5-4(2-1-3-7-5)8-12(9,10)11;/h1-3,8H,(H,9,10,11);/q;+1/p-1. The van der Waals surface area contributed by atoms with Crippen molar-refractivity contribution in [1.29, 1.82) is 0 Å². The van der Waals surface area contributed by atoms with Crippen LogP contribution in [0.25, 0.3) is 0 Å². The normalized spacial score (nSPS) is 10.3. The zero-order valence-electron chi connectivity index (χ0n) is 6.69. The zero-order valence-corrected chi connectivity index (χ0v) is 10.3. The summed E-state index contributed by atoms with van der Waals surface area (Å²) >= 11 is 5.45. The molecule has 8 heteroatoms. The van der Waals surface area contributed by atoms with Gasteiger partial charge in [0.25, 0.3) is 0 Å². The predicted molar refractivity (Wildman–Crippen MR) is 42.6 cm³/mol. The van der Waals surface area contributed by atoms with Crippen molar-refractivity contribution in [3.63, 3.8) is 0 Å². The molecule has 0 saturated heterocycles. The fourth-order valence-corrected chi connectivity index (χ4v) is 1.25. The third kappa shape index (κ3) is 4.80. The van der Waals surface area contributed by atoms with Crippen LogP contribution in [-0.4, -0.2) is 18.0 Å². The van der Waals surface area contributed by atoms with E-state index in [9.17, 15) is 13.0 Å². The zero-order chi connectivity index (χ0) is 9.19. The molecule has 0 aliphatic carbocycles. The minimum atomic E-state index is -4.52. The second kappa shape index (κ2) is 5.14. The van der Waals surface area contributed by atoms with Crippen LogP contribution in [0.15, 0.2) is 18.3 Å². The SMILES string of the molecule is O=S(=O)([O-])Nc1cccnc1Cl.[Na+]. The van der Waals surface area contributed by atoms with Gasteiger partial charge in [-0.25, -0.2) is 13.4 Å². The van der Waals surface area contributed by atoms with Crippen molar-refractivity contribution in [2.24, 2.45) is 0 Å². The van der Waals surface area contributed by atoms with Crippen molar-refractivity contribution < 1.29 is 42.5 Å². The summed E-state index contributed by atoms with van der Waals surface area (Å²) in [7, 11) is -4.52. The Morgan fingerprint density at radius 1 is 1.54 bits per heavy atom. The number of aromatic nitrogens is 1. The number of halogens is 1. The molecule has 0 bridgehead atoms. The molecule has 0 atom stereocenters. The van der Waals surface area contributed by atoms with Crippen LogP contribution < -0.4 is 34.3 Å². The Morgan fingerprint density at radius 2 is 2.15 bits per heavy atom. The maximum atomic E-state index is 10.2. The monoisotopic (exact) mass is 230 g/mol. The van der Waals surface area contributed by atoms with E-state index in [-0.39, 0.29) is 40.4 Å². The van der Waals surface area contributed by atoms with Crippen LogP contribution in [0.2, 0.25) is 5.15 Å². The van der Waals surface area contributed by atoms with Gasteiger partial charge in [-0.05, 0) is 12.1 Å². The number of nitrogens with one attached hydrogen (secondary N) is 1. The molecule has 1 heterocycles. The van der Waals surface area contributed by atoms with Crippen molar-refractivity contribution in [1.82, 2.24) is 4.98 Å². The smallest absolute Gasteiger partial charge is 0.731 e. The second-order valence-electron chi connectivity index (χ2n) is 1.90. The molecule has 0 spiro atoms. The molecule has 66 valence electrons. The molecule has 0 amide bonds. The first-order valence-electron chi connectivity index (χ1n) is 2.83. The maximum absolute atomic E-state index is 10.2. The van der Waals surface area contributed by atoms with Crippen molar-refractivity contribution in [3.05, 3.63) is 23.5 Å². The number of hydrogen-bond donors (Lipinski definition) is 1. The van der Waals surface area contributed by atoms with Crippen LogP contribution in [0.5, 0.6) is 0 Å².